The molecule has 3 rings (SSSR count). The van der Waals surface area contributed by atoms with Gasteiger partial charge in [-0.25, -0.2) is 0 Å². The van der Waals surface area contributed by atoms with Gasteiger partial charge >= 0.3 is 5.97 Å². The van der Waals surface area contributed by atoms with Crippen molar-refractivity contribution < 1.29 is 24.6 Å². The first-order valence-corrected chi connectivity index (χ1v) is 9.95. The summed E-state index contributed by atoms with van der Waals surface area (Å²) in [4.78, 5) is 40.2. The molecule has 2 amide bonds. The van der Waals surface area contributed by atoms with E-state index < -0.39 is 35.3 Å². The zero-order chi connectivity index (χ0) is 20.6. The molecule has 7 heteroatoms. The molecule has 3 N–H and O–H groups in total. The van der Waals surface area contributed by atoms with Crippen molar-refractivity contribution >= 4 is 17.8 Å². The Balaban J connectivity index is 2.15. The van der Waals surface area contributed by atoms with Gasteiger partial charge in [-0.1, -0.05) is 51.8 Å². The third kappa shape index (κ3) is 2.80. The molecule has 28 heavy (non-hydrogen) atoms. The Labute approximate surface area is 164 Å². The van der Waals surface area contributed by atoms with Gasteiger partial charge in [0.1, 0.15) is 11.3 Å². The Morgan fingerprint density at radius 2 is 1.93 bits per heavy atom. The molecule has 5 atom stereocenters. The van der Waals surface area contributed by atoms with Crippen LogP contribution in [0.5, 0.6) is 5.75 Å². The van der Waals surface area contributed by atoms with Crippen LogP contribution < -0.4 is 5.32 Å². The number of amides is 2. The van der Waals surface area contributed by atoms with Crippen LogP contribution in [0.25, 0.3) is 0 Å². The van der Waals surface area contributed by atoms with Crippen LogP contribution in [0.15, 0.2) is 24.3 Å². The van der Waals surface area contributed by atoms with Crippen molar-refractivity contribution in [1.29, 1.82) is 0 Å². The van der Waals surface area contributed by atoms with Gasteiger partial charge in [0.25, 0.3) is 0 Å². The number of hydrogen-bond acceptors (Lipinski definition) is 5. The van der Waals surface area contributed by atoms with E-state index in [0.717, 1.165) is 6.42 Å². The van der Waals surface area contributed by atoms with Crippen LogP contribution in [-0.2, 0) is 14.4 Å². The molecule has 2 aliphatic rings. The molecule has 2 fully saturated rings. The Morgan fingerprint density at radius 1 is 1.25 bits per heavy atom. The van der Waals surface area contributed by atoms with E-state index in [1.54, 1.807) is 25.1 Å². The van der Waals surface area contributed by atoms with Gasteiger partial charge < -0.3 is 10.2 Å². The second-order valence-electron chi connectivity index (χ2n) is 7.85. The normalized spacial score (nSPS) is 30.5. The van der Waals surface area contributed by atoms with Gasteiger partial charge in [-0.2, -0.15) is 0 Å². The van der Waals surface area contributed by atoms with Gasteiger partial charge in [0.05, 0.1) is 11.8 Å². The lowest BCUT2D eigenvalue weighted by molar-refractivity contribution is -0.154. The lowest BCUT2D eigenvalue weighted by Crippen LogP contribution is -2.59. The number of phenolic OH excluding ortho intramolecular Hbond substituents is 1. The topological polar surface area (TPSA) is 107 Å². The summed E-state index contributed by atoms with van der Waals surface area (Å²) in [6.07, 6.45) is 2.03. The zero-order valence-electron chi connectivity index (χ0n) is 16.5. The summed E-state index contributed by atoms with van der Waals surface area (Å²) >= 11 is 0. The number of phenols is 1. The summed E-state index contributed by atoms with van der Waals surface area (Å²) in [5.74, 6) is -4.13. The number of benzene rings is 1. The van der Waals surface area contributed by atoms with E-state index in [-0.39, 0.29) is 17.6 Å². The number of hydrogen-bond donors (Lipinski definition) is 3. The maximum absolute atomic E-state index is 13.2. The van der Waals surface area contributed by atoms with Gasteiger partial charge in [0, 0.05) is 18.2 Å². The predicted octanol–water partition coefficient (Wildman–Crippen LogP) is 2.31. The van der Waals surface area contributed by atoms with Crippen LogP contribution in [-0.4, -0.2) is 45.0 Å². The summed E-state index contributed by atoms with van der Waals surface area (Å²) in [6.45, 7) is 5.93. The number of imide groups is 1. The van der Waals surface area contributed by atoms with Gasteiger partial charge in [-0.3, -0.25) is 24.6 Å². The highest BCUT2D eigenvalue weighted by atomic mass is 16.4. The average molecular weight is 388 g/mol. The fourth-order valence-corrected chi connectivity index (χ4v) is 4.74. The smallest absolute Gasteiger partial charge is 0.325 e. The summed E-state index contributed by atoms with van der Waals surface area (Å²) in [5.41, 5.74) is -1.11. The van der Waals surface area contributed by atoms with Crippen LogP contribution in [0.4, 0.5) is 0 Å². The van der Waals surface area contributed by atoms with Crippen molar-refractivity contribution in [2.45, 2.75) is 51.6 Å². The highest BCUT2D eigenvalue weighted by Gasteiger charge is 2.69. The Bertz CT molecular complexity index is 795. The highest BCUT2D eigenvalue weighted by molar-refractivity contribution is 6.09. The van der Waals surface area contributed by atoms with E-state index in [4.69, 9.17) is 0 Å². The van der Waals surface area contributed by atoms with Crippen molar-refractivity contribution in [2.24, 2.45) is 17.8 Å². The third-order valence-corrected chi connectivity index (χ3v) is 6.44. The molecule has 0 spiro atoms. The van der Waals surface area contributed by atoms with Gasteiger partial charge in [-0.05, 0) is 18.4 Å². The molecule has 2 aliphatic heterocycles. The summed E-state index contributed by atoms with van der Waals surface area (Å²) in [5, 5.41) is 23.7. The van der Waals surface area contributed by atoms with Crippen molar-refractivity contribution in [3.63, 3.8) is 0 Å². The van der Waals surface area contributed by atoms with Crippen LogP contribution in [0.3, 0.4) is 0 Å². The number of carboxylic acid groups (broad SMARTS) is 1. The second-order valence-corrected chi connectivity index (χ2v) is 7.85. The van der Waals surface area contributed by atoms with Crippen molar-refractivity contribution in [3.05, 3.63) is 29.8 Å². The molecule has 1 aromatic rings. The maximum Gasteiger partial charge on any atom is 0.325 e. The summed E-state index contributed by atoms with van der Waals surface area (Å²) in [7, 11) is 0. The largest absolute Gasteiger partial charge is 0.508 e. The first-order chi connectivity index (χ1) is 13.3. The zero-order valence-corrected chi connectivity index (χ0v) is 16.5. The van der Waals surface area contributed by atoms with Gasteiger partial charge in [0.15, 0.2) is 0 Å². The van der Waals surface area contributed by atoms with Crippen LogP contribution in [0, 0.1) is 17.8 Å². The molecule has 152 valence electrons. The van der Waals surface area contributed by atoms with E-state index >= 15 is 0 Å². The van der Waals surface area contributed by atoms with Crippen molar-refractivity contribution in [1.82, 2.24) is 10.2 Å². The molecule has 0 saturated carbocycles. The minimum atomic E-state index is -1.56. The molecule has 0 radical (unpaired) electrons. The van der Waals surface area contributed by atoms with E-state index in [0.29, 0.717) is 24.9 Å². The standard InChI is InChI=1S/C21H28N2O5/c1-4-6-11-23-18(25)15-16(19(23)26)21(20(27)28,12(3)5-2)22-17(15)13-9-7-8-10-14(13)24/h7-10,12,15-17,22,24H,4-6,11H2,1-3H3,(H,27,28). The summed E-state index contributed by atoms with van der Waals surface area (Å²) < 4.78 is 0. The molecule has 0 aromatic heterocycles. The Kier molecular flexibility index (Phi) is 5.48. The minimum absolute atomic E-state index is 0.0173. The summed E-state index contributed by atoms with van der Waals surface area (Å²) in [6, 6.07) is 5.84. The number of carbonyl (C=O) groups excluding carboxylic acids is 2. The van der Waals surface area contributed by atoms with Crippen molar-refractivity contribution in [2.75, 3.05) is 6.54 Å². The van der Waals surface area contributed by atoms with Gasteiger partial charge in [-0.15, -0.1) is 0 Å². The van der Waals surface area contributed by atoms with E-state index in [2.05, 4.69) is 5.32 Å². The number of para-hydroxylation sites is 1. The highest BCUT2D eigenvalue weighted by Crippen LogP contribution is 2.53. The quantitative estimate of drug-likeness (QED) is 0.619. The predicted molar refractivity (Wildman–Crippen MR) is 102 cm³/mol. The number of fused-ring (bicyclic) bond motifs is 1. The van der Waals surface area contributed by atoms with Crippen LogP contribution in [0.1, 0.15) is 51.6 Å². The number of carboxylic acids is 1. The number of unbranched alkanes of at least 4 members (excludes halogenated alkanes) is 1. The number of aliphatic carboxylic acids is 1. The van der Waals surface area contributed by atoms with E-state index in [9.17, 15) is 24.6 Å². The maximum atomic E-state index is 13.2. The third-order valence-electron chi connectivity index (χ3n) is 6.44. The first-order valence-electron chi connectivity index (χ1n) is 9.95. The molecule has 0 aliphatic carbocycles. The molecule has 7 nitrogen and oxygen atoms in total. The molecule has 2 heterocycles. The number of nitrogens with zero attached hydrogens (tertiary/aromatic N) is 1. The van der Waals surface area contributed by atoms with Gasteiger partial charge in [0.2, 0.25) is 11.8 Å². The molecular weight excluding hydrogens is 360 g/mol. The molecule has 0 bridgehead atoms. The Morgan fingerprint density at radius 3 is 2.50 bits per heavy atom. The molecule has 2 saturated heterocycles. The second kappa shape index (κ2) is 7.54. The lowest BCUT2D eigenvalue weighted by Gasteiger charge is -2.36. The van der Waals surface area contributed by atoms with Crippen LogP contribution in [0.2, 0.25) is 0 Å². The number of carbonyl (C=O) groups is 3. The SMILES string of the molecule is CCCCN1C(=O)C2C(c3ccccc3O)NC(C(=O)O)(C(C)CC)C2C1=O. The minimum Gasteiger partial charge on any atom is -0.508 e. The van der Waals surface area contributed by atoms with Crippen LogP contribution >= 0.6 is 0 Å². The van der Waals surface area contributed by atoms with E-state index in [1.165, 1.54) is 11.0 Å². The molecular formula is C21H28N2O5. The van der Waals surface area contributed by atoms with Crippen molar-refractivity contribution in [3.8, 4) is 5.75 Å². The molecule has 5 unspecified atom stereocenters. The first kappa shape index (κ1) is 20.3. The fraction of sp³-hybridized carbons (Fsp3) is 0.571. The monoisotopic (exact) mass is 388 g/mol. The number of nitrogens with one attached hydrogen (secondary N) is 1. The number of likely N-dealkylation sites (tertiary alicyclic amines) is 1. The van der Waals surface area contributed by atoms with E-state index in [1.807, 2.05) is 13.8 Å². The Hall–Kier alpha value is -2.41. The average Bonchev–Trinajstić information content (AvgIpc) is 3.15. The molecule has 1 aromatic carbocycles. The fourth-order valence-electron chi connectivity index (χ4n) is 4.74. The number of rotatable bonds is 7. The lowest BCUT2D eigenvalue weighted by atomic mass is 9.72. The number of aromatic hydroxyl groups is 1.